The summed E-state index contributed by atoms with van der Waals surface area (Å²) in [5.41, 5.74) is 3.44. The largest absolute Gasteiger partial charge is 0.352 e. The number of nitrogens with one attached hydrogen (secondary N) is 1. The van der Waals surface area contributed by atoms with Gasteiger partial charge in [-0.2, -0.15) is 5.26 Å². The van der Waals surface area contributed by atoms with Crippen LogP contribution in [-0.4, -0.2) is 17.7 Å². The minimum Gasteiger partial charge on any atom is -0.352 e. The monoisotopic (exact) mass is 359 g/mol. The third-order valence-electron chi connectivity index (χ3n) is 5.88. The molecule has 2 heterocycles. The summed E-state index contributed by atoms with van der Waals surface area (Å²) in [6.07, 6.45) is 6.30. The minimum absolute atomic E-state index is 0.164. The molecule has 1 aliphatic carbocycles. The van der Waals surface area contributed by atoms with Gasteiger partial charge in [-0.1, -0.05) is 29.3 Å². The van der Waals surface area contributed by atoms with E-state index in [0.717, 1.165) is 43.6 Å². The lowest BCUT2D eigenvalue weighted by Gasteiger charge is -2.32. The van der Waals surface area contributed by atoms with Gasteiger partial charge < -0.3 is 9.88 Å². The number of nitrogens with zero attached hydrogens (tertiary/aromatic N) is 2. The second kappa shape index (κ2) is 5.52. The van der Waals surface area contributed by atoms with E-state index < -0.39 is 0 Å². The summed E-state index contributed by atoms with van der Waals surface area (Å²) in [6, 6.07) is 8.34. The number of fused-ring (bicyclic) bond motifs is 1. The molecule has 2 aromatic rings. The predicted octanol–water partition coefficient (Wildman–Crippen LogP) is 4.30. The van der Waals surface area contributed by atoms with Crippen LogP contribution in [-0.2, 0) is 12.0 Å². The molecule has 2 atom stereocenters. The van der Waals surface area contributed by atoms with Crippen LogP contribution >= 0.6 is 23.2 Å². The Morgan fingerprint density at radius 2 is 2.12 bits per heavy atom. The number of piperidine rings is 1. The Kier molecular flexibility index (Phi) is 3.69. The highest BCUT2D eigenvalue weighted by Gasteiger charge is 2.68. The molecular formula is C19H19Cl2N3. The number of hydrogen-bond donors (Lipinski definition) is 1. The van der Waals surface area contributed by atoms with Crippen LogP contribution < -0.4 is 5.32 Å². The molecular weight excluding hydrogens is 341 g/mol. The molecule has 1 N–H and O–H groups in total. The van der Waals surface area contributed by atoms with Crippen LogP contribution in [0.2, 0.25) is 10.0 Å². The summed E-state index contributed by atoms with van der Waals surface area (Å²) in [6.45, 7) is 4.93. The number of halogens is 2. The van der Waals surface area contributed by atoms with Crippen molar-refractivity contribution < 1.29 is 0 Å². The van der Waals surface area contributed by atoms with E-state index in [-0.39, 0.29) is 10.8 Å². The van der Waals surface area contributed by atoms with Crippen LogP contribution in [0.4, 0.5) is 0 Å². The lowest BCUT2D eigenvalue weighted by atomic mass is 9.81. The fourth-order valence-electron chi connectivity index (χ4n) is 4.54. The normalized spacial score (nSPS) is 28.2. The van der Waals surface area contributed by atoms with Crippen molar-refractivity contribution in [2.24, 2.45) is 5.41 Å². The standard InChI is InChI=1S/C19H19Cl2N3/c1-13-8-24(9-14(13)7-22)12-18-10-19(18,4-5-23-11-18)15-2-3-16(20)17(21)6-15/h2-3,6,8-9,23H,4-5,10-12H2,1H3. The van der Waals surface area contributed by atoms with Gasteiger partial charge in [-0.05, 0) is 49.6 Å². The first-order chi connectivity index (χ1) is 11.5. The summed E-state index contributed by atoms with van der Waals surface area (Å²) in [7, 11) is 0. The highest BCUT2D eigenvalue weighted by Crippen LogP contribution is 2.68. The first-order valence-corrected chi connectivity index (χ1v) is 8.98. The maximum Gasteiger partial charge on any atom is 0.101 e. The molecule has 5 heteroatoms. The van der Waals surface area contributed by atoms with E-state index in [0.29, 0.717) is 10.0 Å². The van der Waals surface area contributed by atoms with E-state index in [1.54, 1.807) is 0 Å². The summed E-state index contributed by atoms with van der Waals surface area (Å²) in [5, 5.41) is 14.0. The van der Waals surface area contributed by atoms with Gasteiger partial charge in [0, 0.05) is 36.3 Å². The molecule has 1 saturated heterocycles. The molecule has 124 valence electrons. The highest BCUT2D eigenvalue weighted by molar-refractivity contribution is 6.42. The predicted molar refractivity (Wildman–Crippen MR) is 96.6 cm³/mol. The fraction of sp³-hybridized carbons (Fsp3) is 0.421. The molecule has 4 rings (SSSR count). The molecule has 1 aromatic carbocycles. The van der Waals surface area contributed by atoms with Crippen molar-refractivity contribution in [1.82, 2.24) is 9.88 Å². The van der Waals surface area contributed by atoms with Gasteiger partial charge in [0.05, 0.1) is 15.6 Å². The first-order valence-electron chi connectivity index (χ1n) is 8.22. The molecule has 0 radical (unpaired) electrons. The van der Waals surface area contributed by atoms with Crippen LogP contribution in [0.1, 0.15) is 29.5 Å². The Morgan fingerprint density at radius 1 is 1.29 bits per heavy atom. The van der Waals surface area contributed by atoms with Gasteiger partial charge in [0.25, 0.3) is 0 Å². The number of hydrogen-bond acceptors (Lipinski definition) is 2. The van der Waals surface area contributed by atoms with Gasteiger partial charge in [0.1, 0.15) is 6.07 Å². The van der Waals surface area contributed by atoms with Gasteiger partial charge in [0.2, 0.25) is 0 Å². The number of aryl methyl sites for hydroxylation is 1. The van der Waals surface area contributed by atoms with E-state index >= 15 is 0 Å². The molecule has 2 aliphatic rings. The van der Waals surface area contributed by atoms with Crippen LogP contribution in [0.15, 0.2) is 30.6 Å². The molecule has 1 aliphatic heterocycles. The Balaban J connectivity index is 1.68. The van der Waals surface area contributed by atoms with Crippen LogP contribution in [0.3, 0.4) is 0 Å². The summed E-state index contributed by atoms with van der Waals surface area (Å²) < 4.78 is 2.18. The van der Waals surface area contributed by atoms with Crippen LogP contribution in [0, 0.1) is 23.7 Å². The molecule has 3 nitrogen and oxygen atoms in total. The Morgan fingerprint density at radius 3 is 2.83 bits per heavy atom. The molecule has 1 aromatic heterocycles. The average Bonchev–Trinajstić information content (AvgIpc) is 3.11. The number of benzene rings is 1. The van der Waals surface area contributed by atoms with Gasteiger partial charge in [0.15, 0.2) is 0 Å². The van der Waals surface area contributed by atoms with Crippen LogP contribution in [0.5, 0.6) is 0 Å². The average molecular weight is 360 g/mol. The summed E-state index contributed by atoms with van der Waals surface area (Å²) in [5.74, 6) is 0. The van der Waals surface area contributed by atoms with E-state index in [2.05, 4.69) is 28.2 Å². The lowest BCUT2D eigenvalue weighted by molar-refractivity contribution is 0.285. The van der Waals surface area contributed by atoms with Crippen molar-refractivity contribution in [2.45, 2.75) is 31.7 Å². The van der Waals surface area contributed by atoms with Crippen molar-refractivity contribution in [1.29, 1.82) is 5.26 Å². The second-order valence-corrected chi connectivity index (χ2v) is 8.05. The van der Waals surface area contributed by atoms with Crippen molar-refractivity contribution in [3.8, 4) is 6.07 Å². The zero-order valence-corrected chi connectivity index (χ0v) is 15.1. The lowest BCUT2D eigenvalue weighted by Crippen LogP contribution is -2.40. The quantitative estimate of drug-likeness (QED) is 0.887. The molecule has 24 heavy (non-hydrogen) atoms. The molecule has 2 fully saturated rings. The van der Waals surface area contributed by atoms with Crippen molar-refractivity contribution in [3.05, 3.63) is 57.3 Å². The number of rotatable bonds is 3. The second-order valence-electron chi connectivity index (χ2n) is 7.23. The first kappa shape index (κ1) is 16.0. The maximum absolute atomic E-state index is 9.19. The number of aromatic nitrogens is 1. The van der Waals surface area contributed by atoms with Crippen molar-refractivity contribution >= 4 is 23.2 Å². The zero-order chi connectivity index (χ0) is 16.9. The van der Waals surface area contributed by atoms with Gasteiger partial charge in [-0.15, -0.1) is 0 Å². The topological polar surface area (TPSA) is 40.8 Å². The fourth-order valence-corrected chi connectivity index (χ4v) is 4.84. The third kappa shape index (κ3) is 2.29. The van der Waals surface area contributed by atoms with E-state index in [4.69, 9.17) is 23.2 Å². The smallest absolute Gasteiger partial charge is 0.101 e. The third-order valence-corrected chi connectivity index (χ3v) is 6.62. The number of nitriles is 1. The Labute approximate surface area is 152 Å². The Bertz CT molecular complexity index is 851. The Hall–Kier alpha value is -1.47. The van der Waals surface area contributed by atoms with Gasteiger partial charge >= 0.3 is 0 Å². The van der Waals surface area contributed by atoms with Gasteiger partial charge in [-0.25, -0.2) is 0 Å². The van der Waals surface area contributed by atoms with E-state index in [9.17, 15) is 5.26 Å². The molecule has 2 unspecified atom stereocenters. The summed E-state index contributed by atoms with van der Waals surface area (Å²) >= 11 is 12.4. The zero-order valence-electron chi connectivity index (χ0n) is 13.6. The van der Waals surface area contributed by atoms with Crippen molar-refractivity contribution in [2.75, 3.05) is 13.1 Å². The summed E-state index contributed by atoms with van der Waals surface area (Å²) in [4.78, 5) is 0. The SMILES string of the molecule is Cc1cn(CC23CNCCC2(c2ccc(Cl)c(Cl)c2)C3)cc1C#N. The van der Waals surface area contributed by atoms with E-state index in [1.165, 1.54) is 5.56 Å². The van der Waals surface area contributed by atoms with Crippen molar-refractivity contribution in [3.63, 3.8) is 0 Å². The highest BCUT2D eigenvalue weighted by atomic mass is 35.5. The van der Waals surface area contributed by atoms with Crippen LogP contribution in [0.25, 0.3) is 0 Å². The minimum atomic E-state index is 0.164. The maximum atomic E-state index is 9.19. The van der Waals surface area contributed by atoms with Gasteiger partial charge in [-0.3, -0.25) is 0 Å². The molecule has 1 saturated carbocycles. The van der Waals surface area contributed by atoms with E-state index in [1.807, 2.05) is 25.3 Å². The molecule has 0 spiro atoms. The molecule has 0 amide bonds. The molecule has 0 bridgehead atoms.